The summed E-state index contributed by atoms with van der Waals surface area (Å²) in [7, 11) is 0. The molecule has 0 radical (unpaired) electrons. The van der Waals surface area contributed by atoms with E-state index in [1.54, 1.807) is 24.5 Å². The third-order valence-electron chi connectivity index (χ3n) is 4.46. The normalized spacial score (nSPS) is 14.5. The molecule has 3 aromatic rings. The molecule has 1 aliphatic rings. The van der Waals surface area contributed by atoms with Crippen LogP contribution in [0.25, 0.3) is 22.6 Å². The zero-order valence-electron chi connectivity index (χ0n) is 13.9. The highest BCUT2D eigenvalue weighted by atomic mass is 19.1. The maximum atomic E-state index is 14.3. The summed E-state index contributed by atoms with van der Waals surface area (Å²) in [4.78, 5) is 15.8. The van der Waals surface area contributed by atoms with Crippen LogP contribution in [-0.2, 0) is 0 Å². The lowest BCUT2D eigenvalue weighted by atomic mass is 10.1. The van der Waals surface area contributed by atoms with Crippen molar-refractivity contribution in [3.05, 3.63) is 60.7 Å². The molecule has 1 aliphatic heterocycles. The second-order valence-electron chi connectivity index (χ2n) is 6.20. The minimum atomic E-state index is -0.275. The van der Waals surface area contributed by atoms with Gasteiger partial charge in [0.15, 0.2) is 5.82 Å². The highest BCUT2D eigenvalue weighted by molar-refractivity contribution is 5.68. The summed E-state index contributed by atoms with van der Waals surface area (Å²) in [5.74, 6) is 1.16. The number of pyridine rings is 1. The summed E-state index contributed by atoms with van der Waals surface area (Å²) >= 11 is 0. The van der Waals surface area contributed by atoms with Gasteiger partial charge < -0.3 is 4.90 Å². The van der Waals surface area contributed by atoms with Crippen molar-refractivity contribution in [1.29, 1.82) is 0 Å². The topological polar surface area (TPSA) is 41.9 Å². The van der Waals surface area contributed by atoms with E-state index < -0.39 is 0 Å². The molecule has 1 saturated heterocycles. The molecule has 0 N–H and O–H groups in total. The molecule has 2 aromatic heterocycles. The van der Waals surface area contributed by atoms with Gasteiger partial charge >= 0.3 is 0 Å². The molecule has 5 heteroatoms. The zero-order valence-corrected chi connectivity index (χ0v) is 13.9. The minimum Gasteiger partial charge on any atom is -0.356 e. The van der Waals surface area contributed by atoms with Crippen molar-refractivity contribution in [2.45, 2.75) is 19.3 Å². The van der Waals surface area contributed by atoms with E-state index in [0.717, 1.165) is 37.3 Å². The van der Waals surface area contributed by atoms with Crippen molar-refractivity contribution in [2.24, 2.45) is 0 Å². The van der Waals surface area contributed by atoms with Gasteiger partial charge in [-0.15, -0.1) is 0 Å². The van der Waals surface area contributed by atoms with Gasteiger partial charge in [0, 0.05) is 42.7 Å². The Hall–Kier alpha value is -2.82. The van der Waals surface area contributed by atoms with Crippen LogP contribution in [0, 0.1) is 5.82 Å². The highest BCUT2D eigenvalue weighted by Crippen LogP contribution is 2.28. The van der Waals surface area contributed by atoms with Crippen molar-refractivity contribution in [1.82, 2.24) is 15.0 Å². The lowest BCUT2D eigenvalue weighted by molar-refractivity contribution is 0.573. The van der Waals surface area contributed by atoms with Gasteiger partial charge in [-0.05, 0) is 43.5 Å². The van der Waals surface area contributed by atoms with E-state index >= 15 is 0 Å². The Morgan fingerprint density at radius 2 is 1.76 bits per heavy atom. The first-order chi connectivity index (χ1) is 12.3. The lowest BCUT2D eigenvalue weighted by Gasteiger charge is -2.28. The molecule has 0 atom stereocenters. The Kier molecular flexibility index (Phi) is 4.37. The van der Waals surface area contributed by atoms with E-state index in [0.29, 0.717) is 17.1 Å². The van der Waals surface area contributed by atoms with Crippen LogP contribution >= 0.6 is 0 Å². The summed E-state index contributed by atoms with van der Waals surface area (Å²) in [6.45, 7) is 1.94. The standard InChI is InChI=1S/C20H19FN4/c21-17-9-3-2-8-16(17)18-13-19(25-11-4-1-5-12-25)24-20(23-18)15-7-6-10-22-14-15/h2-3,6-10,13-14H,1,4-5,11-12H2. The van der Waals surface area contributed by atoms with Gasteiger partial charge in [-0.25, -0.2) is 14.4 Å². The summed E-state index contributed by atoms with van der Waals surface area (Å²) < 4.78 is 14.3. The number of hydrogen-bond acceptors (Lipinski definition) is 4. The molecule has 0 amide bonds. The number of piperidine rings is 1. The second-order valence-corrected chi connectivity index (χ2v) is 6.20. The van der Waals surface area contributed by atoms with E-state index in [1.807, 2.05) is 24.3 Å². The molecule has 3 heterocycles. The predicted molar refractivity (Wildman–Crippen MR) is 96.7 cm³/mol. The van der Waals surface area contributed by atoms with Gasteiger partial charge in [0.2, 0.25) is 0 Å². The van der Waals surface area contributed by atoms with Crippen LogP contribution in [0.3, 0.4) is 0 Å². The van der Waals surface area contributed by atoms with Crippen molar-refractivity contribution in [2.75, 3.05) is 18.0 Å². The third kappa shape index (κ3) is 3.36. The number of anilines is 1. The Bertz CT molecular complexity index is 861. The Morgan fingerprint density at radius 3 is 2.52 bits per heavy atom. The number of aromatic nitrogens is 3. The van der Waals surface area contributed by atoms with E-state index in [2.05, 4.69) is 14.9 Å². The van der Waals surface area contributed by atoms with Crippen molar-refractivity contribution < 1.29 is 4.39 Å². The van der Waals surface area contributed by atoms with Crippen LogP contribution in [0.15, 0.2) is 54.9 Å². The van der Waals surface area contributed by atoms with Crippen LogP contribution in [-0.4, -0.2) is 28.0 Å². The maximum absolute atomic E-state index is 14.3. The summed E-state index contributed by atoms with van der Waals surface area (Å²) in [5, 5.41) is 0. The number of benzene rings is 1. The van der Waals surface area contributed by atoms with Gasteiger partial charge in [0.05, 0.1) is 5.69 Å². The Balaban J connectivity index is 1.84. The zero-order chi connectivity index (χ0) is 17.1. The monoisotopic (exact) mass is 334 g/mol. The molecule has 25 heavy (non-hydrogen) atoms. The highest BCUT2D eigenvalue weighted by Gasteiger charge is 2.17. The molecule has 0 saturated carbocycles. The van der Waals surface area contributed by atoms with E-state index in [-0.39, 0.29) is 5.82 Å². The fourth-order valence-electron chi connectivity index (χ4n) is 3.15. The molecule has 4 nitrogen and oxygen atoms in total. The fourth-order valence-corrected chi connectivity index (χ4v) is 3.15. The number of halogens is 1. The first-order valence-corrected chi connectivity index (χ1v) is 8.60. The Morgan fingerprint density at radius 1 is 0.920 bits per heavy atom. The fraction of sp³-hybridized carbons (Fsp3) is 0.250. The largest absolute Gasteiger partial charge is 0.356 e. The molecule has 0 spiro atoms. The maximum Gasteiger partial charge on any atom is 0.163 e. The van der Waals surface area contributed by atoms with E-state index in [1.165, 1.54) is 12.5 Å². The van der Waals surface area contributed by atoms with Gasteiger partial charge in [0.1, 0.15) is 11.6 Å². The SMILES string of the molecule is Fc1ccccc1-c1cc(N2CCCCC2)nc(-c2cccnc2)n1. The molecular formula is C20H19FN4. The summed E-state index contributed by atoms with van der Waals surface area (Å²) in [6.07, 6.45) is 7.01. The quantitative estimate of drug-likeness (QED) is 0.715. The number of hydrogen-bond donors (Lipinski definition) is 0. The molecule has 1 aromatic carbocycles. The van der Waals surface area contributed by atoms with Gasteiger partial charge in [-0.3, -0.25) is 4.98 Å². The van der Waals surface area contributed by atoms with Crippen LogP contribution in [0.4, 0.5) is 10.2 Å². The molecular weight excluding hydrogens is 315 g/mol. The first-order valence-electron chi connectivity index (χ1n) is 8.60. The third-order valence-corrected chi connectivity index (χ3v) is 4.46. The Labute approximate surface area is 146 Å². The van der Waals surface area contributed by atoms with Crippen molar-refractivity contribution in [3.8, 4) is 22.6 Å². The average Bonchev–Trinajstić information content (AvgIpc) is 2.69. The molecule has 0 unspecified atom stereocenters. The van der Waals surface area contributed by atoms with Crippen molar-refractivity contribution >= 4 is 5.82 Å². The molecule has 4 rings (SSSR count). The summed E-state index contributed by atoms with van der Waals surface area (Å²) in [5.41, 5.74) is 1.93. The molecule has 126 valence electrons. The van der Waals surface area contributed by atoms with E-state index in [9.17, 15) is 4.39 Å². The minimum absolute atomic E-state index is 0.275. The number of nitrogens with zero attached hydrogens (tertiary/aromatic N) is 4. The predicted octanol–water partition coefficient (Wildman–Crippen LogP) is 4.34. The van der Waals surface area contributed by atoms with Crippen LogP contribution < -0.4 is 4.90 Å². The molecule has 1 fully saturated rings. The smallest absolute Gasteiger partial charge is 0.163 e. The van der Waals surface area contributed by atoms with E-state index in [4.69, 9.17) is 4.98 Å². The second kappa shape index (κ2) is 6.97. The van der Waals surface area contributed by atoms with Crippen molar-refractivity contribution in [3.63, 3.8) is 0 Å². The van der Waals surface area contributed by atoms with Crippen LogP contribution in [0.1, 0.15) is 19.3 Å². The number of rotatable bonds is 3. The molecule has 0 bridgehead atoms. The summed E-state index contributed by atoms with van der Waals surface area (Å²) in [6, 6.07) is 12.4. The van der Waals surface area contributed by atoms with Gasteiger partial charge in [-0.2, -0.15) is 0 Å². The first kappa shape index (κ1) is 15.7. The average molecular weight is 334 g/mol. The lowest BCUT2D eigenvalue weighted by Crippen LogP contribution is -2.30. The van der Waals surface area contributed by atoms with Gasteiger partial charge in [0.25, 0.3) is 0 Å². The van der Waals surface area contributed by atoms with Crippen LogP contribution in [0.2, 0.25) is 0 Å². The molecule has 0 aliphatic carbocycles. The van der Waals surface area contributed by atoms with Crippen LogP contribution in [0.5, 0.6) is 0 Å². The van der Waals surface area contributed by atoms with Gasteiger partial charge in [-0.1, -0.05) is 12.1 Å².